The van der Waals surface area contributed by atoms with Gasteiger partial charge >= 0.3 is 0 Å². The monoisotopic (exact) mass is 547 g/mol. The van der Waals surface area contributed by atoms with E-state index in [2.05, 4.69) is 48.3 Å². The van der Waals surface area contributed by atoms with Crippen molar-refractivity contribution in [2.24, 2.45) is 5.41 Å². The molecule has 2 aromatic carbocycles. The third kappa shape index (κ3) is 4.36. The van der Waals surface area contributed by atoms with Crippen LogP contribution < -0.4 is 5.32 Å². The van der Waals surface area contributed by atoms with Gasteiger partial charge in [-0.2, -0.15) is 0 Å². The highest BCUT2D eigenvalue weighted by atomic mass is 19.1. The number of halogens is 1. The average molecular weight is 548 g/mol. The van der Waals surface area contributed by atoms with Gasteiger partial charge in [-0.1, -0.05) is 44.2 Å². The van der Waals surface area contributed by atoms with Crippen LogP contribution in [0.25, 0.3) is 0 Å². The minimum absolute atomic E-state index is 0.0512. The van der Waals surface area contributed by atoms with Crippen LogP contribution in [0.1, 0.15) is 97.3 Å². The smallest absolute Gasteiger partial charge is 0.255 e. The van der Waals surface area contributed by atoms with E-state index in [1.807, 2.05) is 0 Å². The molecule has 6 rings (SSSR count). The van der Waals surface area contributed by atoms with Crippen LogP contribution in [-0.4, -0.2) is 51.8 Å². The molecular weight excluding hydrogens is 509 g/mol. The first-order chi connectivity index (χ1) is 19.2. The molecule has 212 valence electrons. The predicted octanol–water partition coefficient (Wildman–Crippen LogP) is 4.36. The standard InChI is InChI=1S/C32H38FN3O4/c1-3-31(4-2)19-35(17-20-5-7-21(8-6-20)22-9-10-22)16-15-32(31,40)25-12-11-23-24(28(25)33)18-36(30(23)39)26-13-14-27(37)34-29(26)38/h5-8,11-12,22,26,40H,3-4,9-10,13-19H2,1-2H3,(H,34,37,38). The van der Waals surface area contributed by atoms with Crippen molar-refractivity contribution < 1.29 is 23.9 Å². The molecule has 2 saturated heterocycles. The van der Waals surface area contributed by atoms with Crippen molar-refractivity contribution in [1.82, 2.24) is 15.1 Å². The maximum absolute atomic E-state index is 16.3. The number of amides is 3. The van der Waals surface area contributed by atoms with Gasteiger partial charge in [-0.15, -0.1) is 0 Å². The highest BCUT2D eigenvalue weighted by molar-refractivity contribution is 6.05. The topological polar surface area (TPSA) is 89.9 Å². The van der Waals surface area contributed by atoms with Gasteiger partial charge in [0.05, 0.1) is 6.54 Å². The number of piperidine rings is 2. The molecule has 3 amide bonds. The Morgan fingerprint density at radius 3 is 2.40 bits per heavy atom. The number of imide groups is 1. The fourth-order valence-corrected chi connectivity index (χ4v) is 7.33. The molecule has 4 aliphatic rings. The van der Waals surface area contributed by atoms with Gasteiger partial charge in [-0.05, 0) is 61.6 Å². The third-order valence-corrected chi connectivity index (χ3v) is 10.1. The fourth-order valence-electron chi connectivity index (χ4n) is 7.33. The number of rotatable bonds is 7. The van der Waals surface area contributed by atoms with Crippen LogP contribution in [0.3, 0.4) is 0 Å². The molecule has 8 heteroatoms. The average Bonchev–Trinajstić information content (AvgIpc) is 3.74. The number of aliphatic hydroxyl groups is 1. The molecule has 0 spiro atoms. The van der Waals surface area contributed by atoms with E-state index >= 15 is 4.39 Å². The SMILES string of the molecule is CCC1(CC)CN(Cc2ccc(C3CC3)cc2)CCC1(O)c1ccc2c(c1F)CN(C1CCC(=O)NC1=O)C2=O. The summed E-state index contributed by atoms with van der Waals surface area (Å²) >= 11 is 0. The zero-order valence-corrected chi connectivity index (χ0v) is 23.3. The van der Waals surface area contributed by atoms with Crippen LogP contribution in [0.4, 0.5) is 4.39 Å². The van der Waals surface area contributed by atoms with E-state index in [4.69, 9.17) is 0 Å². The van der Waals surface area contributed by atoms with Crippen molar-refractivity contribution in [3.63, 3.8) is 0 Å². The first kappa shape index (κ1) is 27.1. The summed E-state index contributed by atoms with van der Waals surface area (Å²) in [5, 5.41) is 14.6. The molecule has 7 nitrogen and oxygen atoms in total. The lowest BCUT2D eigenvalue weighted by Gasteiger charge is -2.54. The first-order valence-corrected chi connectivity index (χ1v) is 14.7. The van der Waals surface area contributed by atoms with E-state index in [0.29, 0.717) is 32.4 Å². The van der Waals surface area contributed by atoms with Gasteiger partial charge in [0.15, 0.2) is 0 Å². The van der Waals surface area contributed by atoms with Crippen molar-refractivity contribution >= 4 is 17.7 Å². The number of hydrogen-bond acceptors (Lipinski definition) is 5. The number of carbonyl (C=O) groups is 3. The van der Waals surface area contributed by atoms with Gasteiger partial charge in [0.25, 0.3) is 5.91 Å². The van der Waals surface area contributed by atoms with Crippen molar-refractivity contribution in [1.29, 1.82) is 0 Å². The lowest BCUT2D eigenvalue weighted by atomic mass is 9.61. The summed E-state index contributed by atoms with van der Waals surface area (Å²) in [6, 6.07) is 11.3. The van der Waals surface area contributed by atoms with Crippen molar-refractivity contribution in [3.8, 4) is 0 Å². The van der Waals surface area contributed by atoms with Gasteiger partial charge in [0.2, 0.25) is 11.8 Å². The van der Waals surface area contributed by atoms with Crippen LogP contribution >= 0.6 is 0 Å². The Morgan fingerprint density at radius 2 is 1.75 bits per heavy atom. The minimum Gasteiger partial charge on any atom is -0.384 e. The molecular formula is C32H38FN3O4. The maximum atomic E-state index is 16.3. The van der Waals surface area contributed by atoms with Crippen LogP contribution in [0, 0.1) is 11.2 Å². The molecule has 2 aromatic rings. The van der Waals surface area contributed by atoms with Gasteiger partial charge in [-0.25, -0.2) is 4.39 Å². The van der Waals surface area contributed by atoms with Gasteiger partial charge < -0.3 is 10.0 Å². The number of nitrogens with zero attached hydrogens (tertiary/aromatic N) is 2. The second-order valence-electron chi connectivity index (χ2n) is 12.2. The number of hydrogen-bond donors (Lipinski definition) is 2. The first-order valence-electron chi connectivity index (χ1n) is 14.7. The summed E-state index contributed by atoms with van der Waals surface area (Å²) in [5.74, 6) is -1.14. The van der Waals surface area contributed by atoms with Crippen molar-refractivity contribution in [2.75, 3.05) is 13.1 Å². The van der Waals surface area contributed by atoms with E-state index in [9.17, 15) is 19.5 Å². The Bertz CT molecular complexity index is 1350. The van der Waals surface area contributed by atoms with E-state index in [1.54, 1.807) is 12.1 Å². The summed E-state index contributed by atoms with van der Waals surface area (Å²) < 4.78 is 16.3. The molecule has 0 radical (unpaired) electrons. The summed E-state index contributed by atoms with van der Waals surface area (Å²) in [7, 11) is 0. The van der Waals surface area contributed by atoms with Crippen molar-refractivity contribution in [3.05, 3.63) is 70.0 Å². The van der Waals surface area contributed by atoms with Gasteiger partial charge in [-0.3, -0.25) is 24.6 Å². The Morgan fingerprint density at radius 1 is 1.02 bits per heavy atom. The van der Waals surface area contributed by atoms with Crippen LogP contribution in [0.5, 0.6) is 0 Å². The maximum Gasteiger partial charge on any atom is 0.255 e. The zero-order valence-electron chi connectivity index (χ0n) is 23.3. The molecule has 2 N–H and O–H groups in total. The van der Waals surface area contributed by atoms with Crippen LogP contribution in [0.15, 0.2) is 36.4 Å². The molecule has 2 unspecified atom stereocenters. The summed E-state index contributed by atoms with van der Waals surface area (Å²) in [6.45, 7) is 6.11. The number of carbonyl (C=O) groups excluding carboxylic acids is 3. The molecule has 3 aliphatic heterocycles. The number of benzene rings is 2. The molecule has 0 bridgehead atoms. The minimum atomic E-state index is -1.40. The van der Waals surface area contributed by atoms with E-state index < -0.39 is 34.7 Å². The van der Waals surface area contributed by atoms with Gasteiger partial charge in [0.1, 0.15) is 17.5 Å². The molecule has 1 aliphatic carbocycles. The number of fused-ring (bicyclic) bond motifs is 1. The Kier molecular flexibility index (Phi) is 6.82. The van der Waals surface area contributed by atoms with Crippen molar-refractivity contribution in [2.45, 2.75) is 89.4 Å². The third-order valence-electron chi connectivity index (χ3n) is 10.1. The fraction of sp³-hybridized carbons (Fsp3) is 0.531. The lowest BCUT2D eigenvalue weighted by Crippen LogP contribution is -2.57. The summed E-state index contributed by atoms with van der Waals surface area (Å²) in [4.78, 5) is 41.0. The molecule has 0 aromatic heterocycles. The van der Waals surface area contributed by atoms with E-state index in [-0.39, 0.29) is 42.0 Å². The highest BCUT2D eigenvalue weighted by Crippen LogP contribution is 2.52. The molecule has 2 atom stereocenters. The molecule has 1 saturated carbocycles. The number of likely N-dealkylation sites (tertiary alicyclic amines) is 1. The largest absolute Gasteiger partial charge is 0.384 e. The van der Waals surface area contributed by atoms with Gasteiger partial charge in [0, 0.05) is 48.2 Å². The highest BCUT2D eigenvalue weighted by Gasteiger charge is 2.54. The Balaban J connectivity index is 1.25. The van der Waals surface area contributed by atoms with Crippen LogP contribution in [0.2, 0.25) is 0 Å². The molecule has 3 fully saturated rings. The second-order valence-corrected chi connectivity index (χ2v) is 12.2. The Labute approximate surface area is 234 Å². The molecule has 40 heavy (non-hydrogen) atoms. The summed E-state index contributed by atoms with van der Waals surface area (Å²) in [6.07, 6.45) is 4.65. The summed E-state index contributed by atoms with van der Waals surface area (Å²) in [5.41, 5.74) is 1.37. The van der Waals surface area contributed by atoms with E-state index in [1.165, 1.54) is 28.9 Å². The normalized spacial score (nSPS) is 26.6. The van der Waals surface area contributed by atoms with Crippen LogP contribution in [-0.2, 0) is 28.3 Å². The Hall–Kier alpha value is -3.10. The second kappa shape index (κ2) is 10.1. The zero-order chi connectivity index (χ0) is 28.2. The predicted molar refractivity (Wildman–Crippen MR) is 148 cm³/mol. The lowest BCUT2D eigenvalue weighted by molar-refractivity contribution is -0.150. The number of nitrogens with one attached hydrogen (secondary N) is 1. The quantitative estimate of drug-likeness (QED) is 0.503. The van der Waals surface area contributed by atoms with E-state index in [0.717, 1.165) is 12.5 Å². The molecule has 3 heterocycles.